The number of aryl methyl sites for hydroxylation is 1. The first-order valence-electron chi connectivity index (χ1n) is 8.42. The molecule has 1 aromatic rings. The van der Waals surface area contributed by atoms with E-state index in [1.807, 2.05) is 0 Å². The van der Waals surface area contributed by atoms with Gasteiger partial charge in [-0.05, 0) is 55.7 Å². The Morgan fingerprint density at radius 3 is 2.62 bits per heavy atom. The minimum Gasteiger partial charge on any atom is -0.310 e. The second kappa shape index (κ2) is 7.11. The maximum Gasteiger partial charge on any atom is 0.0210 e. The van der Waals surface area contributed by atoms with Crippen LogP contribution < -0.4 is 5.32 Å². The number of hydrogen-bond donors (Lipinski definition) is 1. The third kappa shape index (κ3) is 4.43. The van der Waals surface area contributed by atoms with Gasteiger partial charge >= 0.3 is 0 Å². The molecule has 21 heavy (non-hydrogen) atoms. The smallest absolute Gasteiger partial charge is 0.0210 e. The van der Waals surface area contributed by atoms with E-state index in [0.29, 0.717) is 0 Å². The molecular weight excluding hydrogens is 322 g/mol. The fraction of sp³-hybridized carbons (Fsp3) is 0.579. The van der Waals surface area contributed by atoms with Gasteiger partial charge in [0.1, 0.15) is 0 Å². The first kappa shape index (κ1) is 15.3. The Morgan fingerprint density at radius 2 is 1.95 bits per heavy atom. The van der Waals surface area contributed by atoms with Crippen molar-refractivity contribution in [3.63, 3.8) is 0 Å². The van der Waals surface area contributed by atoms with E-state index in [0.717, 1.165) is 18.5 Å². The molecule has 0 saturated heterocycles. The zero-order chi connectivity index (χ0) is 14.7. The Morgan fingerprint density at radius 1 is 1.19 bits per heavy atom. The minimum absolute atomic E-state index is 0.793. The minimum atomic E-state index is 0.793. The molecule has 2 fully saturated rings. The summed E-state index contributed by atoms with van der Waals surface area (Å²) < 4.78 is 1.22. The summed E-state index contributed by atoms with van der Waals surface area (Å²) in [6.45, 7) is 3.23. The highest BCUT2D eigenvalue weighted by atomic mass is 79.9. The van der Waals surface area contributed by atoms with Crippen LogP contribution in [-0.4, -0.2) is 12.6 Å². The summed E-state index contributed by atoms with van der Waals surface area (Å²) in [4.78, 5) is 0. The van der Waals surface area contributed by atoms with E-state index in [2.05, 4.69) is 52.4 Å². The van der Waals surface area contributed by atoms with Crippen LogP contribution in [0.5, 0.6) is 0 Å². The van der Waals surface area contributed by atoms with Crippen molar-refractivity contribution in [2.75, 3.05) is 6.54 Å². The summed E-state index contributed by atoms with van der Waals surface area (Å²) in [5.41, 5.74) is 4.27. The highest BCUT2D eigenvalue weighted by Gasteiger charge is 2.23. The van der Waals surface area contributed by atoms with Gasteiger partial charge in [0.05, 0.1) is 0 Å². The second-order valence-electron chi connectivity index (χ2n) is 6.72. The third-order valence-corrected chi connectivity index (χ3v) is 5.70. The summed E-state index contributed by atoms with van der Waals surface area (Å²) >= 11 is 3.66. The molecule has 0 unspecified atom stereocenters. The number of halogens is 1. The molecule has 0 atom stereocenters. The lowest BCUT2D eigenvalue weighted by Gasteiger charge is -2.25. The van der Waals surface area contributed by atoms with Gasteiger partial charge in [-0.2, -0.15) is 0 Å². The van der Waals surface area contributed by atoms with Gasteiger partial charge in [0.25, 0.3) is 0 Å². The van der Waals surface area contributed by atoms with Crippen LogP contribution in [0.2, 0.25) is 0 Å². The van der Waals surface area contributed by atoms with Gasteiger partial charge in [0, 0.05) is 17.1 Å². The average Bonchev–Trinajstić information content (AvgIpc) is 3.32. The topological polar surface area (TPSA) is 12.0 Å². The number of hydrogen-bond acceptors (Lipinski definition) is 1. The van der Waals surface area contributed by atoms with E-state index in [9.17, 15) is 0 Å². The van der Waals surface area contributed by atoms with E-state index in [1.165, 1.54) is 60.5 Å². The Bertz CT molecular complexity index is 510. The molecule has 2 saturated carbocycles. The quantitative estimate of drug-likeness (QED) is 0.744. The van der Waals surface area contributed by atoms with Crippen molar-refractivity contribution in [1.82, 2.24) is 5.32 Å². The van der Waals surface area contributed by atoms with Gasteiger partial charge in [-0.25, -0.2) is 0 Å². The fourth-order valence-electron chi connectivity index (χ4n) is 3.25. The molecule has 1 N–H and O–H groups in total. The van der Waals surface area contributed by atoms with E-state index in [1.54, 1.807) is 5.57 Å². The van der Waals surface area contributed by atoms with Crippen LogP contribution in [0.3, 0.4) is 0 Å². The van der Waals surface area contributed by atoms with Crippen LogP contribution in [0.1, 0.15) is 56.1 Å². The highest BCUT2D eigenvalue weighted by molar-refractivity contribution is 9.10. The first-order chi connectivity index (χ1) is 10.2. The maximum atomic E-state index is 3.72. The van der Waals surface area contributed by atoms with E-state index >= 15 is 0 Å². The zero-order valence-corrected chi connectivity index (χ0v) is 14.6. The normalized spacial score (nSPS) is 20.8. The van der Waals surface area contributed by atoms with Crippen molar-refractivity contribution in [3.8, 4) is 0 Å². The van der Waals surface area contributed by atoms with Crippen LogP contribution in [-0.2, 0) is 0 Å². The number of nitrogens with one attached hydrogen (secondary N) is 1. The van der Waals surface area contributed by atoms with Gasteiger partial charge in [0.2, 0.25) is 0 Å². The summed E-state index contributed by atoms with van der Waals surface area (Å²) in [5, 5.41) is 3.72. The Hall–Kier alpha value is -0.600. The van der Waals surface area contributed by atoms with E-state index in [-0.39, 0.29) is 0 Å². The molecule has 1 aromatic carbocycles. The molecule has 0 bridgehead atoms. The van der Waals surface area contributed by atoms with Crippen molar-refractivity contribution in [3.05, 3.63) is 39.4 Å². The summed E-state index contributed by atoms with van der Waals surface area (Å²) in [6.07, 6.45) is 12.2. The van der Waals surface area contributed by atoms with Crippen molar-refractivity contribution in [2.24, 2.45) is 5.92 Å². The lowest BCUT2D eigenvalue weighted by atomic mass is 9.83. The van der Waals surface area contributed by atoms with Crippen LogP contribution >= 0.6 is 15.9 Å². The van der Waals surface area contributed by atoms with Gasteiger partial charge in [0.15, 0.2) is 0 Å². The molecule has 0 aromatic heterocycles. The molecule has 0 heterocycles. The van der Waals surface area contributed by atoms with Crippen molar-refractivity contribution < 1.29 is 0 Å². The largest absolute Gasteiger partial charge is 0.310 e. The average molecular weight is 348 g/mol. The molecular formula is C19H26BrN. The molecule has 0 aliphatic heterocycles. The number of benzene rings is 1. The predicted molar refractivity (Wildman–Crippen MR) is 94.5 cm³/mol. The maximum absolute atomic E-state index is 3.72. The Balaban J connectivity index is 1.77. The standard InChI is InChI=1S/C19H26BrN/c1-14-7-8-15(12-19(14)20)11-17(13-21-18-9-10-18)16-5-3-2-4-6-16/h7-8,11-12,16,18,21H,2-6,9-10,13H2,1H3/b17-11-. The van der Waals surface area contributed by atoms with E-state index < -0.39 is 0 Å². The lowest BCUT2D eigenvalue weighted by molar-refractivity contribution is 0.396. The van der Waals surface area contributed by atoms with Crippen molar-refractivity contribution >= 4 is 22.0 Å². The summed E-state index contributed by atoms with van der Waals surface area (Å²) in [5.74, 6) is 0.796. The van der Waals surface area contributed by atoms with Gasteiger partial charge in [-0.1, -0.05) is 59.0 Å². The van der Waals surface area contributed by atoms with Crippen LogP contribution in [0.15, 0.2) is 28.2 Å². The molecule has 1 nitrogen and oxygen atoms in total. The summed E-state index contributed by atoms with van der Waals surface area (Å²) in [6, 6.07) is 7.51. The molecule has 0 amide bonds. The fourth-order valence-corrected chi connectivity index (χ4v) is 3.65. The molecule has 2 heteroatoms. The Labute approximate surface area is 137 Å². The predicted octanol–water partition coefficient (Wildman–Crippen LogP) is 5.47. The van der Waals surface area contributed by atoms with Crippen LogP contribution in [0, 0.1) is 12.8 Å². The third-order valence-electron chi connectivity index (χ3n) is 4.85. The molecule has 114 valence electrons. The van der Waals surface area contributed by atoms with Crippen LogP contribution in [0.4, 0.5) is 0 Å². The van der Waals surface area contributed by atoms with Gasteiger partial charge < -0.3 is 5.32 Å². The molecule has 2 aliphatic rings. The number of rotatable bonds is 5. The monoisotopic (exact) mass is 347 g/mol. The molecule has 3 rings (SSSR count). The summed E-state index contributed by atoms with van der Waals surface area (Å²) in [7, 11) is 0. The zero-order valence-electron chi connectivity index (χ0n) is 13.0. The van der Waals surface area contributed by atoms with Crippen molar-refractivity contribution in [1.29, 1.82) is 0 Å². The molecule has 0 spiro atoms. The second-order valence-corrected chi connectivity index (χ2v) is 7.57. The van der Waals surface area contributed by atoms with Crippen molar-refractivity contribution in [2.45, 2.75) is 57.9 Å². The van der Waals surface area contributed by atoms with E-state index in [4.69, 9.17) is 0 Å². The lowest BCUT2D eigenvalue weighted by Crippen LogP contribution is -2.24. The highest BCUT2D eigenvalue weighted by Crippen LogP contribution is 2.32. The molecule has 0 radical (unpaired) electrons. The Kier molecular flexibility index (Phi) is 5.18. The molecule has 2 aliphatic carbocycles. The van der Waals surface area contributed by atoms with Gasteiger partial charge in [-0.3, -0.25) is 0 Å². The van der Waals surface area contributed by atoms with Gasteiger partial charge in [-0.15, -0.1) is 0 Å². The van der Waals surface area contributed by atoms with Crippen LogP contribution in [0.25, 0.3) is 6.08 Å². The first-order valence-corrected chi connectivity index (χ1v) is 9.21. The SMILES string of the molecule is Cc1ccc(/C=C(/CNC2CC2)C2CCCCC2)cc1Br.